The van der Waals surface area contributed by atoms with Crippen molar-refractivity contribution >= 4 is 0 Å². The van der Waals surface area contributed by atoms with Crippen LogP contribution in [0.3, 0.4) is 0 Å². The Kier molecular flexibility index (Phi) is 6.51. The largest absolute Gasteiger partial charge is 0.317 e. The van der Waals surface area contributed by atoms with Crippen LogP contribution in [0, 0.1) is 0 Å². The van der Waals surface area contributed by atoms with Gasteiger partial charge in [-0.25, -0.2) is 0 Å². The molecule has 2 rings (SSSR count). The maximum Gasteiger partial charge on any atom is 0.0277 e. The van der Waals surface area contributed by atoms with Crippen molar-refractivity contribution in [3.05, 3.63) is 0 Å². The summed E-state index contributed by atoms with van der Waals surface area (Å²) in [6.07, 6.45) is 5.14. The summed E-state index contributed by atoms with van der Waals surface area (Å²) < 4.78 is 0. The van der Waals surface area contributed by atoms with E-state index in [2.05, 4.69) is 62.1 Å². The highest BCUT2D eigenvalue weighted by Crippen LogP contribution is 2.23. The molecule has 0 spiro atoms. The average molecular weight is 325 g/mol. The van der Waals surface area contributed by atoms with E-state index in [4.69, 9.17) is 0 Å². The van der Waals surface area contributed by atoms with Crippen LogP contribution < -0.4 is 10.6 Å². The van der Waals surface area contributed by atoms with E-state index in [1.54, 1.807) is 0 Å². The molecule has 0 aromatic heterocycles. The van der Waals surface area contributed by atoms with Crippen LogP contribution in [-0.4, -0.2) is 72.7 Å². The van der Waals surface area contributed by atoms with Gasteiger partial charge in [-0.05, 0) is 67.3 Å². The molecule has 2 N–H and O–H groups in total. The predicted octanol–water partition coefficient (Wildman–Crippen LogP) is 2.30. The second-order valence-electron chi connectivity index (χ2n) is 9.18. The highest BCUT2D eigenvalue weighted by Gasteiger charge is 2.32. The second kappa shape index (κ2) is 7.81. The van der Waals surface area contributed by atoms with Crippen LogP contribution in [0.15, 0.2) is 0 Å². The van der Waals surface area contributed by atoms with Gasteiger partial charge in [0.1, 0.15) is 0 Å². The van der Waals surface area contributed by atoms with Gasteiger partial charge in [0.2, 0.25) is 0 Å². The molecule has 0 amide bonds. The van der Waals surface area contributed by atoms with Crippen molar-refractivity contribution < 1.29 is 0 Å². The predicted molar refractivity (Wildman–Crippen MR) is 100 cm³/mol. The first-order valence-corrected chi connectivity index (χ1v) is 9.63. The summed E-state index contributed by atoms with van der Waals surface area (Å²) in [5.41, 5.74) is 0.585. The third-order valence-corrected chi connectivity index (χ3v) is 6.03. The minimum absolute atomic E-state index is 0.264. The third kappa shape index (κ3) is 5.42. The third-order valence-electron chi connectivity index (χ3n) is 6.03. The van der Waals surface area contributed by atoms with Gasteiger partial charge in [-0.2, -0.15) is 0 Å². The number of nitrogens with zero attached hydrogens (tertiary/aromatic N) is 2. The highest BCUT2D eigenvalue weighted by atomic mass is 15.2. The molecule has 2 aliphatic heterocycles. The van der Waals surface area contributed by atoms with Crippen molar-refractivity contribution in [2.45, 2.75) is 83.5 Å². The fraction of sp³-hybridized carbons (Fsp3) is 1.00. The van der Waals surface area contributed by atoms with E-state index in [0.717, 1.165) is 12.6 Å². The van der Waals surface area contributed by atoms with Crippen molar-refractivity contribution in [1.29, 1.82) is 0 Å². The van der Waals surface area contributed by atoms with Crippen LogP contribution in [-0.2, 0) is 0 Å². The molecule has 0 aliphatic carbocycles. The van der Waals surface area contributed by atoms with Gasteiger partial charge >= 0.3 is 0 Å². The van der Waals surface area contributed by atoms with Gasteiger partial charge in [-0.3, -0.25) is 9.80 Å². The van der Waals surface area contributed by atoms with Crippen LogP contribution in [0.2, 0.25) is 0 Å². The lowest BCUT2D eigenvalue weighted by Crippen LogP contribution is -2.57. The van der Waals surface area contributed by atoms with Crippen LogP contribution in [0.1, 0.15) is 60.3 Å². The van der Waals surface area contributed by atoms with Crippen molar-refractivity contribution in [3.63, 3.8) is 0 Å². The van der Waals surface area contributed by atoms with Gasteiger partial charge in [0.25, 0.3) is 0 Å². The minimum atomic E-state index is 0.264. The first-order valence-electron chi connectivity index (χ1n) is 9.63. The number of hydrogen-bond acceptors (Lipinski definition) is 4. The van der Waals surface area contributed by atoms with E-state index < -0.39 is 0 Å². The lowest BCUT2D eigenvalue weighted by molar-refractivity contribution is 0.0684. The number of rotatable bonds is 5. The summed E-state index contributed by atoms with van der Waals surface area (Å²) in [6.45, 7) is 17.8. The van der Waals surface area contributed by atoms with E-state index in [1.807, 2.05) is 0 Å². The molecule has 0 aromatic carbocycles. The van der Waals surface area contributed by atoms with Gasteiger partial charge in [0, 0.05) is 55.9 Å². The van der Waals surface area contributed by atoms with Gasteiger partial charge < -0.3 is 10.6 Å². The SMILES string of the molecule is CNC1CCN(C(C)(C)CNC2CCN(C(C)(C)C)CC2)CC1. The molecule has 136 valence electrons. The Morgan fingerprint density at radius 2 is 1.26 bits per heavy atom. The molecule has 23 heavy (non-hydrogen) atoms. The maximum atomic E-state index is 3.87. The monoisotopic (exact) mass is 324 g/mol. The van der Waals surface area contributed by atoms with Crippen LogP contribution in [0.5, 0.6) is 0 Å². The molecular weight excluding hydrogens is 284 g/mol. The molecule has 2 fully saturated rings. The van der Waals surface area contributed by atoms with Crippen molar-refractivity contribution in [1.82, 2.24) is 20.4 Å². The molecule has 2 heterocycles. The summed E-state index contributed by atoms with van der Waals surface area (Å²) in [5, 5.41) is 7.30. The zero-order chi connectivity index (χ0) is 17.1. The zero-order valence-corrected chi connectivity index (χ0v) is 16.4. The van der Waals surface area contributed by atoms with Crippen molar-refractivity contribution in [2.75, 3.05) is 39.8 Å². The lowest BCUT2D eigenvalue weighted by atomic mass is 9.94. The van der Waals surface area contributed by atoms with Gasteiger partial charge in [0.15, 0.2) is 0 Å². The van der Waals surface area contributed by atoms with Crippen molar-refractivity contribution in [3.8, 4) is 0 Å². The first kappa shape index (κ1) is 19.2. The summed E-state index contributed by atoms with van der Waals surface area (Å²) in [5.74, 6) is 0. The molecule has 0 bridgehead atoms. The van der Waals surface area contributed by atoms with Crippen LogP contribution >= 0.6 is 0 Å². The Hall–Kier alpha value is -0.160. The summed E-state index contributed by atoms with van der Waals surface area (Å²) in [4.78, 5) is 5.30. The first-order chi connectivity index (χ1) is 10.7. The molecule has 4 heteroatoms. The van der Waals surface area contributed by atoms with Crippen LogP contribution in [0.4, 0.5) is 0 Å². The zero-order valence-electron chi connectivity index (χ0n) is 16.4. The summed E-state index contributed by atoms with van der Waals surface area (Å²) in [7, 11) is 2.09. The molecule has 0 unspecified atom stereocenters. The molecular formula is C19H40N4. The maximum absolute atomic E-state index is 3.87. The standard InChI is InChI=1S/C19H40N4/c1-18(2,3)22-11-9-17(10-12-22)21-15-19(4,5)23-13-7-16(20-6)8-14-23/h16-17,20-21H,7-15H2,1-6H3. The number of hydrogen-bond donors (Lipinski definition) is 2. The Morgan fingerprint density at radius 1 is 0.783 bits per heavy atom. The second-order valence-corrected chi connectivity index (χ2v) is 9.18. The summed E-state index contributed by atoms with van der Waals surface area (Å²) in [6, 6.07) is 1.42. The fourth-order valence-corrected chi connectivity index (χ4v) is 4.03. The van der Waals surface area contributed by atoms with Gasteiger partial charge in [-0.1, -0.05) is 0 Å². The molecule has 0 saturated carbocycles. The van der Waals surface area contributed by atoms with Gasteiger partial charge in [-0.15, -0.1) is 0 Å². The molecule has 0 radical (unpaired) electrons. The Labute approximate surface area is 144 Å². The van der Waals surface area contributed by atoms with E-state index in [1.165, 1.54) is 51.9 Å². The number of likely N-dealkylation sites (tertiary alicyclic amines) is 2. The highest BCUT2D eigenvalue weighted by molar-refractivity contribution is 4.91. The Balaban J connectivity index is 1.73. The van der Waals surface area contributed by atoms with E-state index >= 15 is 0 Å². The normalized spacial score (nSPS) is 24.3. The quantitative estimate of drug-likeness (QED) is 0.812. The minimum Gasteiger partial charge on any atom is -0.317 e. The van der Waals surface area contributed by atoms with E-state index in [9.17, 15) is 0 Å². The molecule has 4 nitrogen and oxygen atoms in total. The lowest BCUT2D eigenvalue weighted by Gasteiger charge is -2.45. The van der Waals surface area contributed by atoms with Crippen LogP contribution in [0.25, 0.3) is 0 Å². The number of nitrogens with one attached hydrogen (secondary N) is 2. The Bertz CT molecular complexity index is 345. The smallest absolute Gasteiger partial charge is 0.0277 e. The Morgan fingerprint density at radius 3 is 1.74 bits per heavy atom. The average Bonchev–Trinajstić information content (AvgIpc) is 2.53. The van der Waals surface area contributed by atoms with E-state index in [-0.39, 0.29) is 5.54 Å². The van der Waals surface area contributed by atoms with Gasteiger partial charge in [0.05, 0.1) is 0 Å². The number of piperidine rings is 2. The molecule has 0 atom stereocenters. The molecule has 0 aromatic rings. The molecule has 2 aliphatic rings. The molecule has 2 saturated heterocycles. The van der Waals surface area contributed by atoms with E-state index in [0.29, 0.717) is 11.6 Å². The fourth-order valence-electron chi connectivity index (χ4n) is 4.03. The van der Waals surface area contributed by atoms with Crippen molar-refractivity contribution in [2.24, 2.45) is 0 Å². The summed E-state index contributed by atoms with van der Waals surface area (Å²) >= 11 is 0. The topological polar surface area (TPSA) is 30.5 Å².